The van der Waals surface area contributed by atoms with E-state index in [-0.39, 0.29) is 75.9 Å². The number of anilines is 1. The number of allylic oxidation sites excluding steroid dienone is 4. The van der Waals surface area contributed by atoms with E-state index in [0.717, 1.165) is 17.0 Å². The van der Waals surface area contributed by atoms with Gasteiger partial charge in [0.1, 0.15) is 24.1 Å². The summed E-state index contributed by atoms with van der Waals surface area (Å²) < 4.78 is 170. The zero-order chi connectivity index (χ0) is 56.1. The van der Waals surface area contributed by atoms with Crippen molar-refractivity contribution in [3.8, 4) is 0 Å². The van der Waals surface area contributed by atoms with E-state index in [9.17, 15) is 88.8 Å². The van der Waals surface area contributed by atoms with Crippen molar-refractivity contribution in [2.75, 3.05) is 41.0 Å². The predicted molar refractivity (Wildman–Crippen MR) is 268 cm³/mol. The van der Waals surface area contributed by atoms with Gasteiger partial charge in [-0.05, 0) is 69.9 Å². The maximum Gasteiger partial charge on any atom is 0.356 e. The summed E-state index contributed by atoms with van der Waals surface area (Å²) in [5, 5.41) is 1.87. The van der Waals surface area contributed by atoms with Crippen molar-refractivity contribution in [1.82, 2.24) is 10.4 Å². The third-order valence-electron chi connectivity index (χ3n) is 12.9. The number of nitrogens with zero attached hydrogens (tertiary/aromatic N) is 3. The number of nitrogens with one attached hydrogen (secondary N) is 1. The number of hydrogen-bond acceptors (Lipinski definition) is 17. The lowest BCUT2D eigenvalue weighted by molar-refractivity contribution is -0.437. The maximum atomic E-state index is 13.4. The first-order valence-electron chi connectivity index (χ1n) is 23.2. The van der Waals surface area contributed by atoms with Crippen molar-refractivity contribution in [2.45, 2.75) is 107 Å². The number of amides is 3. The summed E-state index contributed by atoms with van der Waals surface area (Å²) in [4.78, 5) is 69.4. The molecule has 2 aromatic rings. The van der Waals surface area contributed by atoms with Crippen LogP contribution >= 0.6 is 0 Å². The summed E-state index contributed by atoms with van der Waals surface area (Å²) in [6, 6.07) is 9.05. The van der Waals surface area contributed by atoms with Crippen molar-refractivity contribution in [2.24, 2.45) is 5.92 Å². The van der Waals surface area contributed by atoms with E-state index in [1.807, 2.05) is 54.1 Å². The van der Waals surface area contributed by atoms with Gasteiger partial charge >= 0.3 is 5.97 Å². The zero-order valence-corrected chi connectivity index (χ0v) is 45.0. The average molecular weight is 1150 g/mol. The molecule has 3 aliphatic heterocycles. The number of unbranched alkanes of at least 4 members (excludes halogenated alkanes) is 2. The number of rotatable bonds is 27. The van der Waals surface area contributed by atoms with Crippen LogP contribution in [0.15, 0.2) is 71.3 Å². The fourth-order valence-corrected chi connectivity index (χ4v) is 12.3. The van der Waals surface area contributed by atoms with Gasteiger partial charge in [0.15, 0.2) is 5.71 Å². The second kappa shape index (κ2) is 23.5. The molecular weight excluding hydrogens is 1090 g/mol. The van der Waals surface area contributed by atoms with Gasteiger partial charge in [-0.3, -0.25) is 41.9 Å². The number of ketones is 1. The molecule has 0 aromatic heterocycles. The first-order chi connectivity index (χ1) is 34.5. The van der Waals surface area contributed by atoms with Crippen LogP contribution in [0.4, 0.5) is 11.4 Å². The van der Waals surface area contributed by atoms with Crippen LogP contribution < -0.4 is 10.2 Å². The van der Waals surface area contributed by atoms with Crippen LogP contribution in [0.2, 0.25) is 0 Å². The van der Waals surface area contributed by atoms with Crippen molar-refractivity contribution in [3.63, 3.8) is 0 Å². The molecule has 414 valence electrons. The minimum absolute atomic E-state index is 0.00905. The topological polar surface area (TPSA) is 388 Å². The first kappa shape index (κ1) is 60.6. The number of para-hydroxylation sites is 1. The summed E-state index contributed by atoms with van der Waals surface area (Å²) in [7, 11) is -23.6. The Labute approximate surface area is 434 Å². The third kappa shape index (κ3) is 16.4. The Balaban J connectivity index is 1.41. The molecule has 0 radical (unpaired) electrons. The molecule has 25 nitrogen and oxygen atoms in total. The van der Waals surface area contributed by atoms with Crippen LogP contribution in [-0.4, -0.2) is 152 Å². The summed E-state index contributed by atoms with van der Waals surface area (Å²) >= 11 is 0. The Kier molecular flexibility index (Phi) is 19.0. The number of hydrogen-bond donors (Lipinski definition) is 6. The summed E-state index contributed by atoms with van der Waals surface area (Å²) in [5.41, 5.74) is 2.10. The number of Topliss-reactive ketones (excluding diaryl/α,β-unsaturated/α-hetero) is 1. The lowest BCUT2D eigenvalue weighted by Gasteiger charge is -2.30. The molecule has 30 heteroatoms. The van der Waals surface area contributed by atoms with Gasteiger partial charge in [0.2, 0.25) is 11.6 Å². The molecule has 75 heavy (non-hydrogen) atoms. The number of benzene rings is 2. The molecule has 0 spiro atoms. The second-order valence-electron chi connectivity index (χ2n) is 19.1. The second-order valence-corrected chi connectivity index (χ2v) is 26.6. The Hall–Kier alpha value is -5.31. The normalized spacial score (nSPS) is 19.4. The molecule has 1 fully saturated rings. The molecular formula is C45H59N4O21S5+. The van der Waals surface area contributed by atoms with Crippen molar-refractivity contribution in [3.05, 3.63) is 77.5 Å². The highest BCUT2D eigenvalue weighted by atomic mass is 32.2. The minimum Gasteiger partial charge on any atom is -0.344 e. The highest BCUT2D eigenvalue weighted by molar-refractivity contribution is 7.86. The Bertz CT molecular complexity index is 3260. The van der Waals surface area contributed by atoms with Gasteiger partial charge in [-0.1, -0.05) is 37.1 Å². The Morgan fingerprint density at radius 2 is 1.37 bits per heavy atom. The molecule has 2 aromatic carbocycles. The van der Waals surface area contributed by atoms with E-state index in [2.05, 4.69) is 4.84 Å². The minimum atomic E-state index is -5.10. The smallest absolute Gasteiger partial charge is 0.344 e. The average Bonchev–Trinajstić information content (AvgIpc) is 3.79. The Morgan fingerprint density at radius 3 is 1.97 bits per heavy atom. The largest absolute Gasteiger partial charge is 0.356 e. The number of carbonyl (C=O) groups excluding carboxylic acids is 5. The third-order valence-corrected chi connectivity index (χ3v) is 17.0. The highest BCUT2D eigenvalue weighted by Gasteiger charge is 2.46. The van der Waals surface area contributed by atoms with Crippen molar-refractivity contribution in [1.29, 1.82) is 0 Å². The van der Waals surface area contributed by atoms with E-state index in [1.165, 1.54) is 18.2 Å². The molecule has 0 saturated carbocycles. The molecule has 5 rings (SSSR count). The molecule has 3 unspecified atom stereocenters. The van der Waals surface area contributed by atoms with Crippen LogP contribution in [0.5, 0.6) is 0 Å². The molecule has 3 amide bonds. The quantitative estimate of drug-likeness (QED) is 0.0324. The molecule has 3 atom stereocenters. The van der Waals surface area contributed by atoms with Gasteiger partial charge in [-0.15, -0.1) is 5.06 Å². The van der Waals surface area contributed by atoms with Gasteiger partial charge in [-0.25, -0.2) is 4.79 Å². The molecule has 1 saturated heterocycles. The fraction of sp³-hybridized carbons (Fsp3) is 0.511. The molecule has 3 aliphatic rings. The van der Waals surface area contributed by atoms with Crippen LogP contribution in [0.25, 0.3) is 0 Å². The van der Waals surface area contributed by atoms with Crippen LogP contribution in [0, 0.1) is 5.92 Å². The van der Waals surface area contributed by atoms with Gasteiger partial charge < -0.3 is 15.1 Å². The van der Waals surface area contributed by atoms with Crippen molar-refractivity contribution >= 4 is 97.2 Å². The molecule has 6 N–H and O–H groups in total. The van der Waals surface area contributed by atoms with E-state index in [4.69, 9.17) is 0 Å². The first-order valence-corrected chi connectivity index (χ1v) is 31.1. The number of fused-ring (bicyclic) bond motifs is 2. The zero-order valence-electron chi connectivity index (χ0n) is 40.9. The lowest BCUT2D eigenvalue weighted by atomic mass is 9.77. The van der Waals surface area contributed by atoms with Gasteiger partial charge in [0.05, 0.1) is 33.5 Å². The van der Waals surface area contributed by atoms with E-state index in [1.54, 1.807) is 24.0 Å². The molecule has 3 heterocycles. The Morgan fingerprint density at radius 1 is 0.760 bits per heavy atom. The fourth-order valence-electron chi connectivity index (χ4n) is 9.43. The van der Waals surface area contributed by atoms with E-state index >= 15 is 0 Å². The van der Waals surface area contributed by atoms with Gasteiger partial charge in [0.25, 0.3) is 62.4 Å². The lowest BCUT2D eigenvalue weighted by Crippen LogP contribution is -2.51. The predicted octanol–water partition coefficient (Wildman–Crippen LogP) is 2.48. The summed E-state index contributed by atoms with van der Waals surface area (Å²) in [5.74, 6) is -11.9. The molecule has 0 bridgehead atoms. The van der Waals surface area contributed by atoms with E-state index < -0.39 is 137 Å². The number of imide groups is 1. The monoisotopic (exact) mass is 1150 g/mol. The summed E-state index contributed by atoms with van der Waals surface area (Å²) in [6.45, 7) is 5.92. The SMILES string of the molecule is CC1(C)C(/C=C/C=C2/N(CCCS(=O)(=O)O)c3ccc(S(=O)(=O)O)cc3C2(C)CCCCCC(=O)CC(CS(=O)(=O)O)C(=O)NC(CS(=O)(=O)O)C(=O)ON2C(=O)CCC2=O)=[N+](CCCS(=O)(=O)O)c2ccccc21. The van der Waals surface area contributed by atoms with Crippen LogP contribution in [-0.2, 0) is 90.2 Å². The number of hydroxylamine groups is 2. The van der Waals surface area contributed by atoms with Crippen molar-refractivity contribution < 1.29 is 98.2 Å². The van der Waals surface area contributed by atoms with Crippen LogP contribution in [0.1, 0.15) is 96.1 Å². The maximum absolute atomic E-state index is 13.4. The van der Waals surface area contributed by atoms with Crippen LogP contribution in [0.3, 0.4) is 0 Å². The van der Waals surface area contributed by atoms with E-state index in [0.29, 0.717) is 16.9 Å². The van der Waals surface area contributed by atoms with Gasteiger partial charge in [0, 0.05) is 73.2 Å². The highest BCUT2D eigenvalue weighted by Crippen LogP contribution is 2.51. The molecule has 0 aliphatic carbocycles. The summed E-state index contributed by atoms with van der Waals surface area (Å²) in [6.07, 6.45) is 4.22. The number of carbonyl (C=O) groups is 5. The van der Waals surface area contributed by atoms with Gasteiger partial charge in [-0.2, -0.15) is 46.7 Å². The standard InChI is InChI=1S/C45H58N4O21S5/c1-44(2)33-13-6-7-14-36(33)47(22-10-24-71(55,56)57)38(44)15-9-16-39-45(3,34-27-32(75(67,68)69)17-18-37(34)48(39)23-11-25-72(58,59)60)21-8-4-5-12-31(50)26-30(28-73(61,62)63)42(53)46-35(29-74(64,65)66)43(54)70-49-40(51)19-20-41(49)52/h6-7,9,13-18,27,30,35H,4-5,8,10-12,19-26,28-29H2,1-3H3,(H5-,46,53,55,56,57,58,59,60,61,62,63,64,65,66,67,68,69)/p+1.